The lowest BCUT2D eigenvalue weighted by Gasteiger charge is -2.00. The Morgan fingerprint density at radius 2 is 2.06 bits per heavy atom. The van der Waals surface area contributed by atoms with E-state index in [-0.39, 0.29) is 24.8 Å². The minimum atomic E-state index is 0. The normalized spacial score (nSPS) is 9.44. The first kappa shape index (κ1) is 15.5. The molecule has 90 valence electrons. The van der Waals surface area contributed by atoms with Crippen LogP contribution >= 0.6 is 40.7 Å². The number of aryl methyl sites for hydroxylation is 1. The van der Waals surface area contributed by atoms with Crippen LogP contribution in [-0.2, 0) is 6.42 Å². The second-order valence-corrected chi connectivity index (χ2v) is 3.75. The second kappa shape index (κ2) is 6.27. The summed E-state index contributed by atoms with van der Waals surface area (Å²) >= 11 is 3.34. The third-order valence-electron chi connectivity index (χ3n) is 2.09. The summed E-state index contributed by atoms with van der Waals surface area (Å²) in [6.07, 6.45) is 0.900. The molecule has 0 fully saturated rings. The Morgan fingerprint density at radius 1 is 1.38 bits per heavy atom. The topological polar surface area (TPSA) is 42.2 Å². The summed E-state index contributed by atoms with van der Waals surface area (Å²) in [5.74, 6) is 0.962. The Kier molecular flexibility index (Phi) is 6.07. The third kappa shape index (κ3) is 2.59. The predicted molar refractivity (Wildman–Crippen MR) is 74.1 cm³/mol. The summed E-state index contributed by atoms with van der Waals surface area (Å²) < 4.78 is 2.62. The molecule has 0 saturated heterocycles. The van der Waals surface area contributed by atoms with Crippen molar-refractivity contribution in [3.8, 4) is 0 Å². The van der Waals surface area contributed by atoms with E-state index in [1.807, 2.05) is 23.7 Å². The van der Waals surface area contributed by atoms with Crippen molar-refractivity contribution in [1.29, 1.82) is 0 Å². The van der Waals surface area contributed by atoms with Crippen LogP contribution in [0.2, 0.25) is 0 Å². The number of hydrogen-bond acceptors (Lipinski definition) is 3. The average Bonchev–Trinajstić information content (AvgIpc) is 2.54. The summed E-state index contributed by atoms with van der Waals surface area (Å²) in [5.41, 5.74) is 1.91. The smallest absolute Gasteiger partial charge is 0.156 e. The van der Waals surface area contributed by atoms with E-state index in [4.69, 9.17) is 0 Å². The first-order valence-electron chi connectivity index (χ1n) is 4.48. The van der Waals surface area contributed by atoms with E-state index in [1.165, 1.54) is 0 Å². The van der Waals surface area contributed by atoms with Crippen LogP contribution in [0.4, 0.5) is 5.82 Å². The first-order valence-corrected chi connectivity index (χ1v) is 5.27. The van der Waals surface area contributed by atoms with Gasteiger partial charge in [-0.15, -0.1) is 24.8 Å². The lowest BCUT2D eigenvalue weighted by Crippen LogP contribution is -1.99. The Morgan fingerprint density at radius 3 is 2.62 bits per heavy atom. The van der Waals surface area contributed by atoms with Gasteiger partial charge >= 0.3 is 0 Å². The molecule has 0 atom stereocenters. The zero-order valence-corrected chi connectivity index (χ0v) is 12.1. The van der Waals surface area contributed by atoms with Crippen LogP contribution in [0.15, 0.2) is 16.7 Å². The monoisotopic (exact) mass is 326 g/mol. The van der Waals surface area contributed by atoms with Crippen molar-refractivity contribution in [2.24, 2.45) is 0 Å². The minimum absolute atomic E-state index is 0. The highest BCUT2D eigenvalue weighted by Gasteiger charge is 2.09. The Balaban J connectivity index is 0.00000112. The number of anilines is 1. The van der Waals surface area contributed by atoms with Gasteiger partial charge in [0, 0.05) is 7.05 Å². The number of aromatic nitrogens is 3. The van der Waals surface area contributed by atoms with E-state index in [0.717, 1.165) is 28.2 Å². The lowest BCUT2D eigenvalue weighted by molar-refractivity contribution is 0.916. The molecule has 0 spiro atoms. The summed E-state index contributed by atoms with van der Waals surface area (Å²) in [4.78, 5) is 4.46. The van der Waals surface area contributed by atoms with Gasteiger partial charge in [0.15, 0.2) is 11.5 Å². The molecule has 1 N–H and O–H groups in total. The number of hydrogen-bond donors (Lipinski definition) is 1. The lowest BCUT2D eigenvalue weighted by atomic mass is 10.3. The van der Waals surface area contributed by atoms with Gasteiger partial charge in [0.1, 0.15) is 4.60 Å². The molecule has 0 aliphatic rings. The van der Waals surface area contributed by atoms with Crippen LogP contribution in [0, 0.1) is 0 Å². The van der Waals surface area contributed by atoms with Crippen molar-refractivity contribution < 1.29 is 0 Å². The van der Waals surface area contributed by atoms with Gasteiger partial charge in [-0.3, -0.25) is 0 Å². The van der Waals surface area contributed by atoms with Gasteiger partial charge in [-0.05, 0) is 34.5 Å². The van der Waals surface area contributed by atoms with Crippen LogP contribution in [0.3, 0.4) is 0 Å². The number of fused-ring (bicyclic) bond motifs is 1. The summed E-state index contributed by atoms with van der Waals surface area (Å²) in [5, 5.41) is 7.44. The molecule has 0 amide bonds. The van der Waals surface area contributed by atoms with Gasteiger partial charge in [0.05, 0.1) is 5.69 Å². The molecule has 16 heavy (non-hydrogen) atoms. The molecule has 2 aromatic heterocycles. The standard InChI is InChI=1S/C9H11BrN4.2ClH/c1-3-6-9(11-2)14-8(12-6)5-4-7(10)13-14;;/h4-5,11H,3H2,1-2H3;2*1H. The molecule has 2 aromatic rings. The van der Waals surface area contributed by atoms with Crippen molar-refractivity contribution in [1.82, 2.24) is 14.6 Å². The summed E-state index contributed by atoms with van der Waals surface area (Å²) in [7, 11) is 1.88. The molecular weight excluding hydrogens is 315 g/mol. The fourth-order valence-electron chi connectivity index (χ4n) is 1.45. The maximum Gasteiger partial charge on any atom is 0.156 e. The molecule has 2 heterocycles. The zero-order valence-electron chi connectivity index (χ0n) is 8.90. The summed E-state index contributed by atoms with van der Waals surface area (Å²) in [6.45, 7) is 2.08. The van der Waals surface area contributed by atoms with E-state index in [2.05, 4.69) is 38.3 Å². The molecule has 0 bridgehead atoms. The highest BCUT2D eigenvalue weighted by atomic mass is 79.9. The number of rotatable bonds is 2. The summed E-state index contributed by atoms with van der Waals surface area (Å²) in [6, 6.07) is 3.83. The number of nitrogens with one attached hydrogen (secondary N) is 1. The number of halogens is 3. The Labute approximate surface area is 115 Å². The molecular formula is C9H13BrCl2N4. The van der Waals surface area contributed by atoms with Gasteiger partial charge in [-0.25, -0.2) is 4.98 Å². The minimum Gasteiger partial charge on any atom is -0.372 e. The van der Waals surface area contributed by atoms with Crippen molar-refractivity contribution in [2.45, 2.75) is 13.3 Å². The SMILES string of the molecule is CCc1nc2ccc(Br)nn2c1NC.Cl.Cl. The molecule has 4 nitrogen and oxygen atoms in total. The van der Waals surface area contributed by atoms with Gasteiger partial charge < -0.3 is 5.32 Å². The van der Waals surface area contributed by atoms with Crippen molar-refractivity contribution in [3.05, 3.63) is 22.4 Å². The molecule has 7 heteroatoms. The molecule has 0 aliphatic carbocycles. The van der Waals surface area contributed by atoms with Crippen LogP contribution < -0.4 is 5.32 Å². The molecule has 2 rings (SSSR count). The molecule has 0 unspecified atom stereocenters. The largest absolute Gasteiger partial charge is 0.372 e. The van der Waals surface area contributed by atoms with Crippen molar-refractivity contribution in [3.63, 3.8) is 0 Å². The second-order valence-electron chi connectivity index (χ2n) is 2.94. The maximum absolute atomic E-state index is 4.46. The zero-order chi connectivity index (χ0) is 10.1. The van der Waals surface area contributed by atoms with Crippen molar-refractivity contribution in [2.75, 3.05) is 12.4 Å². The van der Waals surface area contributed by atoms with Gasteiger partial charge in [0.25, 0.3) is 0 Å². The fourth-order valence-corrected chi connectivity index (χ4v) is 1.74. The van der Waals surface area contributed by atoms with Gasteiger partial charge in [-0.1, -0.05) is 6.92 Å². The van der Waals surface area contributed by atoms with Crippen LogP contribution in [0.1, 0.15) is 12.6 Å². The van der Waals surface area contributed by atoms with Crippen LogP contribution in [-0.4, -0.2) is 21.6 Å². The molecule has 0 radical (unpaired) electrons. The van der Waals surface area contributed by atoms with Crippen LogP contribution in [0.25, 0.3) is 5.65 Å². The van der Waals surface area contributed by atoms with Gasteiger partial charge in [0.2, 0.25) is 0 Å². The van der Waals surface area contributed by atoms with Gasteiger partial charge in [-0.2, -0.15) is 9.61 Å². The van der Waals surface area contributed by atoms with E-state index in [9.17, 15) is 0 Å². The highest BCUT2D eigenvalue weighted by Crippen LogP contribution is 2.18. The third-order valence-corrected chi connectivity index (χ3v) is 2.51. The van der Waals surface area contributed by atoms with E-state index in [1.54, 1.807) is 0 Å². The number of nitrogens with zero attached hydrogens (tertiary/aromatic N) is 3. The van der Waals surface area contributed by atoms with Crippen molar-refractivity contribution >= 4 is 52.2 Å². The fraction of sp³-hybridized carbons (Fsp3) is 0.333. The van der Waals surface area contributed by atoms with E-state index >= 15 is 0 Å². The van der Waals surface area contributed by atoms with E-state index in [0.29, 0.717) is 0 Å². The van der Waals surface area contributed by atoms with E-state index < -0.39 is 0 Å². The Hall–Kier alpha value is -0.520. The quantitative estimate of drug-likeness (QED) is 0.922. The molecule has 0 saturated carbocycles. The van der Waals surface area contributed by atoms with Crippen LogP contribution in [0.5, 0.6) is 0 Å². The number of imidazole rings is 1. The Bertz CT molecular complexity index is 472. The maximum atomic E-state index is 4.46. The molecule has 0 aliphatic heterocycles. The average molecular weight is 328 g/mol. The predicted octanol–water partition coefficient (Wildman–Crippen LogP) is 2.94. The first-order chi connectivity index (χ1) is 6.76. The highest BCUT2D eigenvalue weighted by molar-refractivity contribution is 9.10. The molecule has 0 aromatic carbocycles.